The van der Waals surface area contributed by atoms with Gasteiger partial charge in [0.2, 0.25) is 0 Å². The van der Waals surface area contributed by atoms with Gasteiger partial charge in [0, 0.05) is 6.54 Å². The molecule has 0 amide bonds. The summed E-state index contributed by atoms with van der Waals surface area (Å²) in [5.41, 5.74) is 2.02. The summed E-state index contributed by atoms with van der Waals surface area (Å²) < 4.78 is 1.77. The zero-order chi connectivity index (χ0) is 11.5. The normalized spacial score (nSPS) is 14.9. The largest absolute Gasteiger partial charge is 0.411 e. The molecule has 1 aromatic carbocycles. The van der Waals surface area contributed by atoms with Gasteiger partial charge in [0.15, 0.2) is 0 Å². The first-order valence-corrected chi connectivity index (χ1v) is 6.21. The molecular weight excluding hydrogens is 285 g/mol. The third-order valence-electron chi connectivity index (χ3n) is 3.26. The van der Waals surface area contributed by atoms with Crippen LogP contribution in [0, 0.1) is 0 Å². The predicted molar refractivity (Wildman–Crippen MR) is 81.4 cm³/mol. The second kappa shape index (κ2) is 7.58. The van der Waals surface area contributed by atoms with Crippen molar-refractivity contribution in [2.45, 2.75) is 12.8 Å². The van der Waals surface area contributed by atoms with E-state index in [-0.39, 0.29) is 24.8 Å². The average Bonchev–Trinajstić information content (AvgIpc) is 2.99. The third-order valence-corrected chi connectivity index (χ3v) is 3.26. The molecule has 1 aliphatic heterocycles. The van der Waals surface area contributed by atoms with Gasteiger partial charge in [-0.15, -0.1) is 24.8 Å². The zero-order valence-electron chi connectivity index (χ0n) is 10.7. The van der Waals surface area contributed by atoms with E-state index in [2.05, 4.69) is 9.88 Å². The first kappa shape index (κ1) is 16.1. The smallest absolute Gasteiger partial charge is 0.133 e. The van der Waals surface area contributed by atoms with Crippen LogP contribution in [0.4, 0.5) is 0 Å². The van der Waals surface area contributed by atoms with Crippen LogP contribution in [0.25, 0.3) is 11.0 Å². The SMILES string of the molecule is Cl.Cl.c1ccc2c(c1)ncn2OCCN1CCCC1. The van der Waals surface area contributed by atoms with Crippen molar-refractivity contribution in [3.8, 4) is 0 Å². The molecule has 0 saturated carbocycles. The topological polar surface area (TPSA) is 30.3 Å². The Morgan fingerprint density at radius 2 is 1.84 bits per heavy atom. The molecule has 0 unspecified atom stereocenters. The Hall–Kier alpha value is -0.970. The van der Waals surface area contributed by atoms with Crippen LogP contribution in [0.1, 0.15) is 12.8 Å². The summed E-state index contributed by atoms with van der Waals surface area (Å²) in [6.07, 6.45) is 4.40. The molecule has 2 aromatic rings. The van der Waals surface area contributed by atoms with Gasteiger partial charge in [-0.05, 0) is 38.1 Å². The predicted octanol–water partition coefficient (Wildman–Crippen LogP) is 2.40. The first-order chi connectivity index (χ1) is 8.43. The number of benzene rings is 1. The van der Waals surface area contributed by atoms with Gasteiger partial charge in [0.1, 0.15) is 18.5 Å². The van der Waals surface area contributed by atoms with Crippen LogP contribution in [-0.2, 0) is 0 Å². The molecule has 19 heavy (non-hydrogen) atoms. The summed E-state index contributed by atoms with van der Waals surface area (Å²) in [5, 5.41) is 0. The van der Waals surface area contributed by atoms with E-state index in [9.17, 15) is 0 Å². The highest BCUT2D eigenvalue weighted by atomic mass is 35.5. The molecule has 3 rings (SSSR count). The van der Waals surface area contributed by atoms with Gasteiger partial charge in [0.25, 0.3) is 0 Å². The standard InChI is InChI=1S/C13H17N3O.2ClH/c1-2-6-13-12(5-1)14-11-16(13)17-10-9-15-7-3-4-8-15;;/h1-2,5-6,11H,3-4,7-10H2;2*1H. The van der Waals surface area contributed by atoms with Gasteiger partial charge in [-0.25, -0.2) is 4.98 Å². The fraction of sp³-hybridized carbons (Fsp3) is 0.462. The molecule has 106 valence electrons. The van der Waals surface area contributed by atoms with Crippen molar-refractivity contribution in [3.05, 3.63) is 30.6 Å². The van der Waals surface area contributed by atoms with Crippen LogP contribution in [0.3, 0.4) is 0 Å². The summed E-state index contributed by atoms with van der Waals surface area (Å²) in [6.45, 7) is 4.16. The van der Waals surface area contributed by atoms with Crippen molar-refractivity contribution in [2.24, 2.45) is 0 Å². The van der Waals surface area contributed by atoms with Crippen molar-refractivity contribution < 1.29 is 4.84 Å². The highest BCUT2D eigenvalue weighted by molar-refractivity contribution is 5.85. The number of para-hydroxylation sites is 2. The van der Waals surface area contributed by atoms with Gasteiger partial charge < -0.3 is 4.84 Å². The highest BCUT2D eigenvalue weighted by Crippen LogP contribution is 2.10. The van der Waals surface area contributed by atoms with Crippen molar-refractivity contribution in [3.63, 3.8) is 0 Å². The Kier molecular flexibility index (Phi) is 6.42. The lowest BCUT2D eigenvalue weighted by Crippen LogP contribution is -2.27. The Balaban J connectivity index is 0.000000902. The van der Waals surface area contributed by atoms with Gasteiger partial charge in [-0.1, -0.05) is 12.1 Å². The van der Waals surface area contributed by atoms with Gasteiger partial charge in [0.05, 0.1) is 5.52 Å². The molecule has 0 spiro atoms. The Bertz CT molecular complexity index is 497. The van der Waals surface area contributed by atoms with Crippen molar-refractivity contribution in [2.75, 3.05) is 26.2 Å². The minimum absolute atomic E-state index is 0. The molecule has 0 bridgehead atoms. The van der Waals surface area contributed by atoms with Crippen LogP contribution in [-0.4, -0.2) is 40.9 Å². The van der Waals surface area contributed by atoms with Crippen LogP contribution in [0.15, 0.2) is 30.6 Å². The van der Waals surface area contributed by atoms with Crippen LogP contribution in [0.2, 0.25) is 0 Å². The maximum absolute atomic E-state index is 5.73. The molecule has 1 aliphatic rings. The first-order valence-electron chi connectivity index (χ1n) is 6.21. The maximum atomic E-state index is 5.73. The van der Waals surface area contributed by atoms with E-state index >= 15 is 0 Å². The minimum atomic E-state index is 0. The van der Waals surface area contributed by atoms with E-state index in [1.54, 1.807) is 11.1 Å². The van der Waals surface area contributed by atoms with E-state index in [0.717, 1.165) is 24.2 Å². The fourth-order valence-electron chi connectivity index (χ4n) is 2.31. The zero-order valence-corrected chi connectivity index (χ0v) is 12.3. The van der Waals surface area contributed by atoms with Gasteiger partial charge >= 0.3 is 0 Å². The fourth-order valence-corrected chi connectivity index (χ4v) is 2.31. The Morgan fingerprint density at radius 1 is 1.11 bits per heavy atom. The van der Waals surface area contributed by atoms with Crippen LogP contribution in [0.5, 0.6) is 0 Å². The lowest BCUT2D eigenvalue weighted by molar-refractivity contribution is 0.0988. The van der Waals surface area contributed by atoms with Crippen LogP contribution < -0.4 is 4.84 Å². The molecule has 6 heteroatoms. The number of rotatable bonds is 4. The molecule has 2 heterocycles. The highest BCUT2D eigenvalue weighted by Gasteiger charge is 2.11. The minimum Gasteiger partial charge on any atom is -0.411 e. The van der Waals surface area contributed by atoms with Crippen molar-refractivity contribution in [1.82, 2.24) is 14.6 Å². The second-order valence-corrected chi connectivity index (χ2v) is 4.44. The molecule has 4 nitrogen and oxygen atoms in total. The van der Waals surface area contributed by atoms with Crippen molar-refractivity contribution in [1.29, 1.82) is 0 Å². The lowest BCUT2D eigenvalue weighted by Gasteiger charge is -2.14. The molecule has 1 aromatic heterocycles. The third kappa shape index (κ3) is 3.75. The summed E-state index contributed by atoms with van der Waals surface area (Å²) in [7, 11) is 0. The quantitative estimate of drug-likeness (QED) is 0.869. The van der Waals surface area contributed by atoms with Crippen LogP contribution >= 0.6 is 24.8 Å². The van der Waals surface area contributed by atoms with E-state index in [0.29, 0.717) is 0 Å². The number of hydrogen-bond donors (Lipinski definition) is 0. The molecule has 1 fully saturated rings. The monoisotopic (exact) mass is 303 g/mol. The maximum Gasteiger partial charge on any atom is 0.133 e. The molecule has 0 aliphatic carbocycles. The van der Waals surface area contributed by atoms with Gasteiger partial charge in [-0.2, -0.15) is 4.73 Å². The molecule has 0 radical (unpaired) electrons. The number of hydrogen-bond acceptors (Lipinski definition) is 3. The number of imidazole rings is 1. The molecule has 0 N–H and O–H groups in total. The number of halogens is 2. The average molecular weight is 304 g/mol. The molecular formula is C13H19Cl2N3O. The number of fused-ring (bicyclic) bond motifs is 1. The lowest BCUT2D eigenvalue weighted by atomic mass is 10.3. The van der Waals surface area contributed by atoms with E-state index < -0.39 is 0 Å². The van der Waals surface area contributed by atoms with Gasteiger partial charge in [-0.3, -0.25) is 4.90 Å². The number of aromatic nitrogens is 2. The molecule has 0 atom stereocenters. The Morgan fingerprint density at radius 3 is 2.63 bits per heavy atom. The molecule has 1 saturated heterocycles. The second-order valence-electron chi connectivity index (χ2n) is 4.44. The summed E-state index contributed by atoms with van der Waals surface area (Å²) in [4.78, 5) is 12.5. The van der Waals surface area contributed by atoms with E-state index in [1.165, 1.54) is 25.9 Å². The van der Waals surface area contributed by atoms with E-state index in [4.69, 9.17) is 4.84 Å². The van der Waals surface area contributed by atoms with Crippen molar-refractivity contribution >= 4 is 35.8 Å². The summed E-state index contributed by atoms with van der Waals surface area (Å²) in [5.74, 6) is 0. The Labute approximate surface area is 125 Å². The number of likely N-dealkylation sites (tertiary alicyclic amines) is 1. The van der Waals surface area contributed by atoms with E-state index in [1.807, 2.05) is 24.3 Å². The summed E-state index contributed by atoms with van der Waals surface area (Å²) in [6, 6.07) is 8.02. The summed E-state index contributed by atoms with van der Waals surface area (Å²) >= 11 is 0. The number of nitrogens with zero attached hydrogens (tertiary/aromatic N) is 3.